The summed E-state index contributed by atoms with van der Waals surface area (Å²) in [6.45, 7) is 2.94. The van der Waals surface area contributed by atoms with Crippen molar-refractivity contribution in [2.24, 2.45) is 0 Å². The number of carbonyl (C=O) groups is 2. The van der Waals surface area contributed by atoms with Gasteiger partial charge in [0.1, 0.15) is 60.5 Å². The minimum absolute atomic E-state index is 0.425. The fraction of sp³-hybridized carbons (Fsp3) is 0.900. The van der Waals surface area contributed by atoms with Gasteiger partial charge in [0, 0.05) is 5.75 Å². The molecule has 0 saturated carbocycles. The van der Waals surface area contributed by atoms with Crippen molar-refractivity contribution in [1.29, 1.82) is 0 Å². The first-order valence-electron chi connectivity index (χ1n) is 11.1. The molecular weight excluding hydrogens is 510 g/mol. The molecule has 15 nitrogen and oxygen atoms in total. The SMILES string of the molecule is CC(C)(C)OC(=O)N([C@@H]1O[C@H](CO)[C@@H](O[C@H]2O[C@H](CO)[C@@H](O)[C@H](O)[C@H]2O)[C@H](O)[C@H]1O)[C@@H](CS)C(=O)O. The monoisotopic (exact) mass is 545 g/mol. The van der Waals surface area contributed by atoms with Crippen LogP contribution in [0, 0.1) is 0 Å². The summed E-state index contributed by atoms with van der Waals surface area (Å²) >= 11 is 3.95. The van der Waals surface area contributed by atoms with E-state index in [2.05, 4.69) is 12.6 Å². The molecule has 2 aliphatic rings. The van der Waals surface area contributed by atoms with Crippen LogP contribution in [-0.4, -0.2) is 150 Å². The smallest absolute Gasteiger partial charge is 0.413 e. The number of hydrogen-bond acceptors (Lipinski definition) is 14. The number of rotatable bonds is 8. The zero-order valence-corrected chi connectivity index (χ0v) is 20.8. The second-order valence-corrected chi connectivity index (χ2v) is 9.82. The number of aliphatic hydroxyl groups excluding tert-OH is 7. The summed E-state index contributed by atoms with van der Waals surface area (Å²) in [6, 6.07) is -1.67. The summed E-state index contributed by atoms with van der Waals surface area (Å²) in [5.41, 5.74) is -1.07. The lowest BCUT2D eigenvalue weighted by Gasteiger charge is -2.48. The minimum Gasteiger partial charge on any atom is -0.480 e. The first kappa shape index (κ1) is 30.9. The van der Waals surface area contributed by atoms with Gasteiger partial charge in [-0.2, -0.15) is 12.6 Å². The fourth-order valence-corrected chi connectivity index (χ4v) is 4.14. The molecule has 36 heavy (non-hydrogen) atoms. The van der Waals surface area contributed by atoms with Gasteiger partial charge in [0.25, 0.3) is 0 Å². The van der Waals surface area contributed by atoms with E-state index >= 15 is 0 Å². The quantitative estimate of drug-likeness (QED) is 0.133. The average molecular weight is 546 g/mol. The van der Waals surface area contributed by atoms with E-state index in [1.165, 1.54) is 20.8 Å². The predicted molar refractivity (Wildman–Crippen MR) is 120 cm³/mol. The average Bonchev–Trinajstić information content (AvgIpc) is 2.79. The molecule has 2 saturated heterocycles. The Kier molecular flexibility index (Phi) is 10.7. The number of carboxylic acid groups (broad SMARTS) is 1. The van der Waals surface area contributed by atoms with Crippen LogP contribution >= 0.6 is 12.6 Å². The van der Waals surface area contributed by atoms with E-state index < -0.39 is 104 Å². The van der Waals surface area contributed by atoms with Crippen LogP contribution < -0.4 is 0 Å². The van der Waals surface area contributed by atoms with Gasteiger partial charge in [0.15, 0.2) is 12.5 Å². The zero-order valence-electron chi connectivity index (χ0n) is 19.9. The molecular formula is C20H35NO14S. The molecule has 210 valence electrons. The summed E-state index contributed by atoms with van der Waals surface area (Å²) in [7, 11) is 0. The summed E-state index contributed by atoms with van der Waals surface area (Å²) in [5, 5.41) is 80.6. The van der Waals surface area contributed by atoms with Crippen LogP contribution in [-0.2, 0) is 23.7 Å². The fourth-order valence-electron chi connectivity index (χ4n) is 3.81. The van der Waals surface area contributed by atoms with Crippen molar-refractivity contribution < 1.29 is 69.4 Å². The predicted octanol–water partition coefficient (Wildman–Crippen LogP) is -3.77. The van der Waals surface area contributed by atoms with Crippen LogP contribution in [0.25, 0.3) is 0 Å². The number of amides is 1. The highest BCUT2D eigenvalue weighted by Gasteiger charge is 2.54. The summed E-state index contributed by atoms with van der Waals surface area (Å²) in [5.74, 6) is -1.94. The van der Waals surface area contributed by atoms with Crippen molar-refractivity contribution in [3.8, 4) is 0 Å². The number of ether oxygens (including phenoxy) is 4. The van der Waals surface area contributed by atoms with E-state index in [0.29, 0.717) is 4.90 Å². The molecule has 2 rings (SSSR count). The molecule has 16 heteroatoms. The second kappa shape index (κ2) is 12.5. The second-order valence-electron chi connectivity index (χ2n) is 9.45. The number of aliphatic hydroxyl groups is 7. The number of hydrogen-bond donors (Lipinski definition) is 9. The Morgan fingerprint density at radius 1 is 0.917 bits per heavy atom. The maximum atomic E-state index is 12.9. The molecule has 0 radical (unpaired) electrons. The first-order chi connectivity index (χ1) is 16.7. The molecule has 2 aliphatic heterocycles. The molecule has 0 spiro atoms. The van der Waals surface area contributed by atoms with Crippen LogP contribution in [0.15, 0.2) is 0 Å². The number of thiol groups is 1. The third kappa shape index (κ3) is 6.76. The number of aliphatic carboxylic acids is 1. The van der Waals surface area contributed by atoms with E-state index in [0.717, 1.165) is 0 Å². The highest BCUT2D eigenvalue weighted by molar-refractivity contribution is 7.80. The Balaban J connectivity index is 2.34. The van der Waals surface area contributed by atoms with Gasteiger partial charge < -0.3 is 59.8 Å². The maximum absolute atomic E-state index is 12.9. The van der Waals surface area contributed by atoms with Crippen LogP contribution in [0.5, 0.6) is 0 Å². The Morgan fingerprint density at radius 2 is 1.50 bits per heavy atom. The molecule has 0 bridgehead atoms. The van der Waals surface area contributed by atoms with Crippen molar-refractivity contribution >= 4 is 24.7 Å². The molecule has 11 atom stereocenters. The first-order valence-corrected chi connectivity index (χ1v) is 11.7. The van der Waals surface area contributed by atoms with Crippen LogP contribution in [0.1, 0.15) is 20.8 Å². The third-order valence-corrected chi connectivity index (χ3v) is 6.00. The van der Waals surface area contributed by atoms with Gasteiger partial charge in [-0.1, -0.05) is 0 Å². The molecule has 2 fully saturated rings. The van der Waals surface area contributed by atoms with E-state index in [1.54, 1.807) is 0 Å². The largest absolute Gasteiger partial charge is 0.480 e. The molecule has 0 aromatic heterocycles. The van der Waals surface area contributed by atoms with E-state index in [1.807, 2.05) is 0 Å². The Hall–Kier alpha value is -1.31. The Morgan fingerprint density at radius 3 is 1.97 bits per heavy atom. The topological polar surface area (TPSA) is 236 Å². The van der Waals surface area contributed by atoms with Gasteiger partial charge in [-0.05, 0) is 20.8 Å². The van der Waals surface area contributed by atoms with E-state index in [-0.39, 0.29) is 0 Å². The van der Waals surface area contributed by atoms with Crippen LogP contribution in [0.3, 0.4) is 0 Å². The van der Waals surface area contributed by atoms with Crippen molar-refractivity contribution in [2.45, 2.75) is 93.8 Å². The highest BCUT2D eigenvalue weighted by Crippen LogP contribution is 2.31. The molecule has 8 N–H and O–H groups in total. The van der Waals surface area contributed by atoms with Crippen molar-refractivity contribution in [3.05, 3.63) is 0 Å². The van der Waals surface area contributed by atoms with Crippen LogP contribution in [0.2, 0.25) is 0 Å². The lowest BCUT2D eigenvalue weighted by Crippen LogP contribution is -2.69. The molecule has 0 aromatic carbocycles. The van der Waals surface area contributed by atoms with Gasteiger partial charge in [-0.3, -0.25) is 4.90 Å². The third-order valence-electron chi connectivity index (χ3n) is 5.65. The normalized spacial score (nSPS) is 38.3. The summed E-state index contributed by atoms with van der Waals surface area (Å²) < 4.78 is 21.5. The van der Waals surface area contributed by atoms with Crippen molar-refractivity contribution in [2.75, 3.05) is 19.0 Å². The molecule has 0 aromatic rings. The number of carboxylic acids is 1. The maximum Gasteiger partial charge on any atom is 0.413 e. The van der Waals surface area contributed by atoms with Gasteiger partial charge >= 0.3 is 12.1 Å². The van der Waals surface area contributed by atoms with Crippen molar-refractivity contribution in [1.82, 2.24) is 4.90 Å². The lowest BCUT2D eigenvalue weighted by molar-refractivity contribution is -0.348. The zero-order chi connectivity index (χ0) is 27.5. The van der Waals surface area contributed by atoms with Crippen molar-refractivity contribution in [3.63, 3.8) is 0 Å². The molecule has 1 amide bonds. The molecule has 0 aliphatic carbocycles. The highest BCUT2D eigenvalue weighted by atomic mass is 32.1. The van der Waals surface area contributed by atoms with Gasteiger partial charge in [0.2, 0.25) is 0 Å². The van der Waals surface area contributed by atoms with Gasteiger partial charge in [0.05, 0.1) is 13.2 Å². The van der Waals surface area contributed by atoms with Crippen LogP contribution in [0.4, 0.5) is 4.79 Å². The van der Waals surface area contributed by atoms with E-state index in [4.69, 9.17) is 18.9 Å². The number of nitrogens with zero attached hydrogens (tertiary/aromatic N) is 1. The molecule has 0 unspecified atom stereocenters. The number of carbonyl (C=O) groups excluding carboxylic acids is 1. The summed E-state index contributed by atoms with van der Waals surface area (Å²) in [6.07, 6.45) is -18.6. The Bertz CT molecular complexity index is 748. The lowest BCUT2D eigenvalue weighted by atomic mass is 9.95. The van der Waals surface area contributed by atoms with E-state index in [9.17, 15) is 50.4 Å². The van der Waals surface area contributed by atoms with Gasteiger partial charge in [-0.15, -0.1) is 0 Å². The Labute approximate surface area is 212 Å². The van der Waals surface area contributed by atoms with Gasteiger partial charge in [-0.25, -0.2) is 9.59 Å². The molecule has 2 heterocycles. The summed E-state index contributed by atoms with van der Waals surface area (Å²) in [4.78, 5) is 25.3. The minimum atomic E-state index is -2.02. The standard InChI is InChI=1S/C20H35NO14S/c1-20(2,3)35-19(31)21(7(6-36)17(29)30)16-13(27)12(26)15(9(5-23)32-16)34-18-14(28)11(25)10(24)8(4-22)33-18/h7-16,18,22-28,36H,4-6H2,1-3H3,(H,29,30)/t7-,8+,9+,10+,11-,12+,13+,14+,15+,16+,18+/m0/s1.